The minimum Gasteiger partial charge on any atom is -0.385 e. The van der Waals surface area contributed by atoms with Crippen LogP contribution >= 0.6 is 0 Å². The minimum atomic E-state index is 0.00708. The number of hydrogen-bond donors (Lipinski definition) is 2. The van der Waals surface area contributed by atoms with E-state index in [-0.39, 0.29) is 5.91 Å². The second-order valence-corrected chi connectivity index (χ2v) is 4.18. The molecule has 0 spiro atoms. The van der Waals surface area contributed by atoms with E-state index < -0.39 is 0 Å². The molecule has 0 fully saturated rings. The molecule has 6 nitrogen and oxygen atoms in total. The van der Waals surface area contributed by atoms with Crippen LogP contribution in [0.2, 0.25) is 0 Å². The Morgan fingerprint density at radius 2 is 2.33 bits per heavy atom. The van der Waals surface area contributed by atoms with E-state index in [1.807, 2.05) is 24.9 Å². The molecule has 1 heterocycles. The second kappa shape index (κ2) is 7.84. The largest absolute Gasteiger partial charge is 0.385 e. The lowest BCUT2D eigenvalue weighted by Gasteiger charge is -2.06. The number of aryl methyl sites for hydroxylation is 1. The number of ether oxygens (including phenoxy) is 1. The summed E-state index contributed by atoms with van der Waals surface area (Å²) in [4.78, 5) is 11.5. The molecule has 6 heteroatoms. The van der Waals surface area contributed by atoms with Crippen LogP contribution in [0.1, 0.15) is 17.7 Å². The normalized spacial score (nSPS) is 10.6. The highest BCUT2D eigenvalue weighted by molar-refractivity contribution is 5.77. The Morgan fingerprint density at radius 3 is 2.94 bits per heavy atom. The van der Waals surface area contributed by atoms with Gasteiger partial charge < -0.3 is 15.4 Å². The Bertz CT molecular complexity index is 376. The van der Waals surface area contributed by atoms with Crippen LogP contribution in [-0.2, 0) is 23.1 Å². The monoisotopic (exact) mass is 254 g/mol. The lowest BCUT2D eigenvalue weighted by atomic mass is 10.2. The SMILES string of the molecule is COCCCNC(=O)CNCc1cnn(C)c1C. The average molecular weight is 254 g/mol. The molecule has 2 N–H and O–H groups in total. The van der Waals surface area contributed by atoms with Crippen molar-refractivity contribution in [3.8, 4) is 0 Å². The van der Waals surface area contributed by atoms with Gasteiger partial charge >= 0.3 is 0 Å². The van der Waals surface area contributed by atoms with Crippen molar-refractivity contribution < 1.29 is 9.53 Å². The molecule has 0 radical (unpaired) electrons. The van der Waals surface area contributed by atoms with E-state index in [1.54, 1.807) is 7.11 Å². The number of amides is 1. The molecule has 1 aromatic heterocycles. The van der Waals surface area contributed by atoms with Crippen molar-refractivity contribution >= 4 is 5.91 Å². The zero-order valence-electron chi connectivity index (χ0n) is 11.3. The highest BCUT2D eigenvalue weighted by Gasteiger charge is 2.04. The number of hydrogen-bond acceptors (Lipinski definition) is 4. The summed E-state index contributed by atoms with van der Waals surface area (Å²) >= 11 is 0. The van der Waals surface area contributed by atoms with Gasteiger partial charge in [-0.25, -0.2) is 0 Å². The number of carbonyl (C=O) groups excluding carboxylic acids is 1. The number of nitrogens with one attached hydrogen (secondary N) is 2. The molecule has 1 aromatic rings. The Morgan fingerprint density at radius 1 is 1.56 bits per heavy atom. The molecule has 1 amide bonds. The van der Waals surface area contributed by atoms with Crippen LogP contribution in [0.4, 0.5) is 0 Å². The van der Waals surface area contributed by atoms with Crippen molar-refractivity contribution in [2.75, 3.05) is 26.8 Å². The Labute approximate surface area is 108 Å². The van der Waals surface area contributed by atoms with Crippen molar-refractivity contribution in [1.29, 1.82) is 0 Å². The van der Waals surface area contributed by atoms with Crippen LogP contribution < -0.4 is 10.6 Å². The van der Waals surface area contributed by atoms with Gasteiger partial charge in [0.05, 0.1) is 12.7 Å². The van der Waals surface area contributed by atoms with Crippen LogP contribution in [0.15, 0.2) is 6.20 Å². The van der Waals surface area contributed by atoms with Crippen molar-refractivity contribution in [1.82, 2.24) is 20.4 Å². The molecular formula is C12H22N4O2. The fourth-order valence-corrected chi connectivity index (χ4v) is 1.54. The Kier molecular flexibility index (Phi) is 6.38. The van der Waals surface area contributed by atoms with Crippen molar-refractivity contribution in [2.24, 2.45) is 7.05 Å². The van der Waals surface area contributed by atoms with Gasteiger partial charge in [0.25, 0.3) is 0 Å². The van der Waals surface area contributed by atoms with Gasteiger partial charge in [0.15, 0.2) is 0 Å². The Hall–Kier alpha value is -1.40. The minimum absolute atomic E-state index is 0.00708. The van der Waals surface area contributed by atoms with E-state index >= 15 is 0 Å². The van der Waals surface area contributed by atoms with Crippen LogP contribution in [0, 0.1) is 6.92 Å². The van der Waals surface area contributed by atoms with Gasteiger partial charge in [0.2, 0.25) is 5.91 Å². The molecule has 0 saturated carbocycles. The summed E-state index contributed by atoms with van der Waals surface area (Å²) in [7, 11) is 3.56. The number of rotatable bonds is 8. The molecular weight excluding hydrogens is 232 g/mol. The predicted molar refractivity (Wildman–Crippen MR) is 69.2 cm³/mol. The number of carbonyl (C=O) groups is 1. The smallest absolute Gasteiger partial charge is 0.233 e. The van der Waals surface area contributed by atoms with E-state index in [0.717, 1.165) is 17.7 Å². The first-order chi connectivity index (χ1) is 8.65. The van der Waals surface area contributed by atoms with Crippen molar-refractivity contribution in [2.45, 2.75) is 19.9 Å². The quantitative estimate of drug-likeness (QED) is 0.639. The van der Waals surface area contributed by atoms with Gasteiger partial charge in [-0.05, 0) is 13.3 Å². The molecule has 1 rings (SSSR count). The van der Waals surface area contributed by atoms with Gasteiger partial charge in [-0.3, -0.25) is 9.48 Å². The van der Waals surface area contributed by atoms with Crippen molar-refractivity contribution in [3.05, 3.63) is 17.5 Å². The van der Waals surface area contributed by atoms with Gasteiger partial charge in [0, 0.05) is 45.1 Å². The maximum Gasteiger partial charge on any atom is 0.233 e. The van der Waals surface area contributed by atoms with Crippen LogP contribution in [0.3, 0.4) is 0 Å². The van der Waals surface area contributed by atoms with Crippen LogP contribution in [0.5, 0.6) is 0 Å². The molecule has 0 aliphatic rings. The highest BCUT2D eigenvalue weighted by Crippen LogP contribution is 2.04. The van der Waals surface area contributed by atoms with E-state index in [0.29, 0.717) is 26.2 Å². The topological polar surface area (TPSA) is 68.2 Å². The lowest BCUT2D eigenvalue weighted by molar-refractivity contribution is -0.120. The molecule has 0 unspecified atom stereocenters. The first kappa shape index (κ1) is 14.7. The predicted octanol–water partition coefficient (Wildman–Crippen LogP) is -0.0292. The molecule has 0 bridgehead atoms. The third-order valence-corrected chi connectivity index (χ3v) is 2.79. The molecule has 0 aliphatic heterocycles. The molecule has 0 atom stereocenters. The second-order valence-electron chi connectivity index (χ2n) is 4.18. The van der Waals surface area contributed by atoms with Gasteiger partial charge in [-0.2, -0.15) is 5.10 Å². The van der Waals surface area contributed by atoms with E-state index in [9.17, 15) is 4.79 Å². The first-order valence-corrected chi connectivity index (χ1v) is 6.09. The molecule has 0 aliphatic carbocycles. The molecule has 0 saturated heterocycles. The lowest BCUT2D eigenvalue weighted by Crippen LogP contribution is -2.34. The summed E-state index contributed by atoms with van der Waals surface area (Å²) in [5.74, 6) is 0.00708. The standard InChI is InChI=1S/C12H22N4O2/c1-10-11(8-15-16(10)2)7-13-9-12(17)14-5-4-6-18-3/h8,13H,4-7,9H2,1-3H3,(H,14,17). The maximum absolute atomic E-state index is 11.5. The van der Waals surface area contributed by atoms with Gasteiger partial charge in [-0.1, -0.05) is 0 Å². The summed E-state index contributed by atoms with van der Waals surface area (Å²) in [5.41, 5.74) is 2.23. The summed E-state index contributed by atoms with van der Waals surface area (Å²) in [6.07, 6.45) is 2.66. The van der Waals surface area contributed by atoms with Crippen molar-refractivity contribution in [3.63, 3.8) is 0 Å². The van der Waals surface area contributed by atoms with E-state index in [2.05, 4.69) is 15.7 Å². The third kappa shape index (κ3) is 4.85. The number of aromatic nitrogens is 2. The zero-order valence-corrected chi connectivity index (χ0v) is 11.3. The van der Waals surface area contributed by atoms with Crippen LogP contribution in [-0.4, -0.2) is 42.5 Å². The summed E-state index contributed by atoms with van der Waals surface area (Å²) in [6.45, 7) is 4.31. The van der Waals surface area contributed by atoms with Crippen LogP contribution in [0.25, 0.3) is 0 Å². The van der Waals surface area contributed by atoms with E-state index in [1.165, 1.54) is 0 Å². The molecule has 18 heavy (non-hydrogen) atoms. The average Bonchev–Trinajstić information content (AvgIpc) is 2.67. The Balaban J connectivity index is 2.14. The van der Waals surface area contributed by atoms with Gasteiger partial charge in [0.1, 0.15) is 0 Å². The number of nitrogens with zero attached hydrogens (tertiary/aromatic N) is 2. The summed E-state index contributed by atoms with van der Waals surface area (Å²) in [6, 6.07) is 0. The van der Waals surface area contributed by atoms with Gasteiger partial charge in [-0.15, -0.1) is 0 Å². The number of methoxy groups -OCH3 is 1. The summed E-state index contributed by atoms with van der Waals surface area (Å²) < 4.78 is 6.72. The maximum atomic E-state index is 11.5. The zero-order chi connectivity index (χ0) is 13.4. The fourth-order valence-electron chi connectivity index (χ4n) is 1.54. The third-order valence-electron chi connectivity index (χ3n) is 2.79. The van der Waals surface area contributed by atoms with E-state index in [4.69, 9.17) is 4.74 Å². The summed E-state index contributed by atoms with van der Waals surface area (Å²) in [5, 5.41) is 10.1. The molecule has 102 valence electrons. The molecule has 0 aromatic carbocycles. The first-order valence-electron chi connectivity index (χ1n) is 6.09. The fraction of sp³-hybridized carbons (Fsp3) is 0.667. The highest BCUT2D eigenvalue weighted by atomic mass is 16.5.